The molecule has 7 heteroatoms. The number of ketones is 1. The molecular formula is C11H11N3O4. The van der Waals surface area contributed by atoms with Crippen molar-refractivity contribution in [2.75, 3.05) is 7.11 Å². The van der Waals surface area contributed by atoms with Gasteiger partial charge in [-0.2, -0.15) is 0 Å². The fraction of sp³-hybridized carbons (Fsp3) is 0.0909. The fourth-order valence-corrected chi connectivity index (χ4v) is 1.12. The van der Waals surface area contributed by atoms with E-state index in [-0.39, 0.29) is 11.1 Å². The van der Waals surface area contributed by atoms with E-state index in [0.717, 1.165) is 13.3 Å². The molecule has 18 heavy (non-hydrogen) atoms. The van der Waals surface area contributed by atoms with Crippen molar-refractivity contribution >= 4 is 17.8 Å². The molecule has 0 unspecified atom stereocenters. The monoisotopic (exact) mass is 249 g/mol. The van der Waals surface area contributed by atoms with Crippen LogP contribution in [0.1, 0.15) is 10.4 Å². The lowest BCUT2D eigenvalue weighted by Crippen LogP contribution is -2.27. The Bertz CT molecular complexity index is 496. The van der Waals surface area contributed by atoms with Crippen LogP contribution in [0.3, 0.4) is 0 Å². The number of esters is 1. The number of ether oxygens (including phenoxy) is 1. The van der Waals surface area contributed by atoms with E-state index >= 15 is 0 Å². The second kappa shape index (κ2) is 6.14. The highest BCUT2D eigenvalue weighted by molar-refractivity contribution is 6.24. The van der Waals surface area contributed by atoms with Gasteiger partial charge in [0.05, 0.1) is 7.11 Å². The summed E-state index contributed by atoms with van der Waals surface area (Å²) in [5, 5.41) is 2.05. The van der Waals surface area contributed by atoms with Crippen molar-refractivity contribution in [2.24, 2.45) is 5.73 Å². The second-order valence-electron chi connectivity index (χ2n) is 3.13. The molecule has 0 spiro atoms. The van der Waals surface area contributed by atoms with E-state index in [2.05, 4.69) is 9.72 Å². The van der Waals surface area contributed by atoms with E-state index in [1.54, 1.807) is 6.07 Å². The number of pyridine rings is 1. The van der Waals surface area contributed by atoms with Gasteiger partial charge < -0.3 is 15.8 Å². The number of hydrogen-bond acceptors (Lipinski definition) is 5. The molecular weight excluding hydrogens is 238 g/mol. The van der Waals surface area contributed by atoms with Gasteiger partial charge in [-0.3, -0.25) is 9.78 Å². The summed E-state index contributed by atoms with van der Waals surface area (Å²) in [6.45, 7) is 0. The minimum Gasteiger partial charge on any atom is -0.465 e. The molecule has 0 saturated carbocycles. The molecule has 0 atom stereocenters. The average molecular weight is 249 g/mol. The normalized spacial score (nSPS) is 10.6. The lowest BCUT2D eigenvalue weighted by molar-refractivity contribution is -0.135. The number of carbonyl (C=O) groups is 3. The van der Waals surface area contributed by atoms with Gasteiger partial charge in [0.1, 0.15) is 5.57 Å². The van der Waals surface area contributed by atoms with E-state index < -0.39 is 17.8 Å². The summed E-state index contributed by atoms with van der Waals surface area (Å²) in [6.07, 6.45) is 3.69. The quantitative estimate of drug-likeness (QED) is 0.256. The number of carbonyl (C=O) groups excluding carboxylic acids is 3. The standard InChI is InChI=1S/C11H11N3O4/c1-18-10(16)8(6-14-11(12)17)9(15)7-3-2-4-13-5-7/h2-6H,1H3,(H3,12,14,17). The molecule has 1 aromatic rings. The number of nitrogens with two attached hydrogens (primary N) is 1. The summed E-state index contributed by atoms with van der Waals surface area (Å²) in [7, 11) is 1.12. The molecule has 0 radical (unpaired) electrons. The number of amides is 2. The highest BCUT2D eigenvalue weighted by atomic mass is 16.5. The first kappa shape index (κ1) is 13.4. The smallest absolute Gasteiger partial charge is 0.343 e. The highest BCUT2D eigenvalue weighted by Gasteiger charge is 2.20. The maximum atomic E-state index is 12.0. The molecule has 0 aliphatic heterocycles. The fourth-order valence-electron chi connectivity index (χ4n) is 1.12. The molecule has 0 aliphatic carbocycles. The predicted octanol–water partition coefficient (Wildman–Crippen LogP) is -0.0105. The van der Waals surface area contributed by atoms with E-state index in [1.165, 1.54) is 18.5 Å². The van der Waals surface area contributed by atoms with E-state index in [4.69, 9.17) is 5.73 Å². The molecule has 3 N–H and O–H groups in total. The molecule has 0 saturated heterocycles. The Hall–Kier alpha value is -2.70. The van der Waals surface area contributed by atoms with Crippen LogP contribution in [-0.2, 0) is 9.53 Å². The van der Waals surface area contributed by atoms with Crippen molar-refractivity contribution in [1.82, 2.24) is 10.3 Å². The van der Waals surface area contributed by atoms with Crippen molar-refractivity contribution < 1.29 is 19.1 Å². The molecule has 1 heterocycles. The molecule has 1 aromatic heterocycles. The van der Waals surface area contributed by atoms with Crippen molar-refractivity contribution in [3.8, 4) is 0 Å². The third-order valence-corrected chi connectivity index (χ3v) is 1.93. The number of hydrogen-bond donors (Lipinski definition) is 2. The van der Waals surface area contributed by atoms with Crippen LogP contribution in [0.5, 0.6) is 0 Å². The number of rotatable bonds is 4. The minimum atomic E-state index is -0.893. The van der Waals surface area contributed by atoms with E-state index in [9.17, 15) is 14.4 Å². The number of nitrogens with zero attached hydrogens (tertiary/aromatic N) is 1. The lowest BCUT2D eigenvalue weighted by Gasteiger charge is -2.04. The lowest BCUT2D eigenvalue weighted by atomic mass is 10.1. The van der Waals surface area contributed by atoms with Crippen LogP contribution in [0.4, 0.5) is 4.79 Å². The summed E-state index contributed by atoms with van der Waals surface area (Å²) in [6, 6.07) is 2.13. The Kier molecular flexibility index (Phi) is 4.56. The van der Waals surface area contributed by atoms with Gasteiger partial charge in [0.2, 0.25) is 5.78 Å². The van der Waals surface area contributed by atoms with Crippen LogP contribution in [0, 0.1) is 0 Å². The van der Waals surface area contributed by atoms with Gasteiger partial charge in [-0.1, -0.05) is 0 Å². The van der Waals surface area contributed by atoms with E-state index in [1.807, 2.05) is 5.32 Å². The summed E-state index contributed by atoms with van der Waals surface area (Å²) < 4.78 is 4.45. The van der Waals surface area contributed by atoms with Gasteiger partial charge in [-0.15, -0.1) is 0 Å². The number of nitrogens with one attached hydrogen (secondary N) is 1. The molecule has 2 amide bonds. The Morgan fingerprint density at radius 3 is 2.67 bits per heavy atom. The highest BCUT2D eigenvalue weighted by Crippen LogP contribution is 2.08. The number of urea groups is 1. The Labute approximate surface area is 103 Å². The largest absolute Gasteiger partial charge is 0.465 e. The number of aromatic nitrogens is 1. The van der Waals surface area contributed by atoms with Gasteiger partial charge in [-0.25, -0.2) is 9.59 Å². The first-order valence-corrected chi connectivity index (χ1v) is 4.85. The summed E-state index contributed by atoms with van der Waals surface area (Å²) >= 11 is 0. The first-order valence-electron chi connectivity index (χ1n) is 4.85. The van der Waals surface area contributed by atoms with Crippen LogP contribution in [0.25, 0.3) is 0 Å². The van der Waals surface area contributed by atoms with Crippen molar-refractivity contribution in [2.45, 2.75) is 0 Å². The van der Waals surface area contributed by atoms with Gasteiger partial charge >= 0.3 is 12.0 Å². The van der Waals surface area contributed by atoms with Crippen LogP contribution in [-0.4, -0.2) is 29.9 Å². The maximum absolute atomic E-state index is 12.0. The number of methoxy groups -OCH3 is 1. The predicted molar refractivity (Wildman–Crippen MR) is 61.4 cm³/mol. The molecule has 94 valence electrons. The molecule has 0 fully saturated rings. The third-order valence-electron chi connectivity index (χ3n) is 1.93. The molecule has 0 aromatic carbocycles. The Balaban J connectivity index is 3.04. The first-order chi connectivity index (χ1) is 8.56. The summed E-state index contributed by atoms with van der Waals surface area (Å²) in [5.74, 6) is -1.50. The van der Waals surface area contributed by atoms with Crippen molar-refractivity contribution in [1.29, 1.82) is 0 Å². The molecule has 0 aliphatic rings. The topological polar surface area (TPSA) is 111 Å². The van der Waals surface area contributed by atoms with Crippen LogP contribution < -0.4 is 11.1 Å². The van der Waals surface area contributed by atoms with Crippen molar-refractivity contribution in [3.63, 3.8) is 0 Å². The Morgan fingerprint density at radius 1 is 1.44 bits per heavy atom. The van der Waals surface area contributed by atoms with Gasteiger partial charge in [0, 0.05) is 24.2 Å². The van der Waals surface area contributed by atoms with Gasteiger partial charge in [0.25, 0.3) is 0 Å². The van der Waals surface area contributed by atoms with Crippen LogP contribution >= 0.6 is 0 Å². The van der Waals surface area contributed by atoms with Gasteiger partial charge in [0.15, 0.2) is 0 Å². The molecule has 1 rings (SSSR count). The second-order valence-corrected chi connectivity index (χ2v) is 3.13. The van der Waals surface area contributed by atoms with Gasteiger partial charge in [-0.05, 0) is 12.1 Å². The maximum Gasteiger partial charge on any atom is 0.343 e. The Morgan fingerprint density at radius 2 is 2.17 bits per heavy atom. The molecule has 0 bridgehead atoms. The number of Topliss-reactive ketones (excluding diaryl/α,β-unsaturated/α-hetero) is 1. The summed E-state index contributed by atoms with van der Waals surface area (Å²) in [5.41, 5.74) is 4.70. The number of primary amides is 1. The van der Waals surface area contributed by atoms with E-state index in [0.29, 0.717) is 0 Å². The van der Waals surface area contributed by atoms with Crippen molar-refractivity contribution in [3.05, 3.63) is 41.9 Å². The SMILES string of the molecule is COC(=O)C(=CNC(N)=O)C(=O)c1cccnc1. The summed E-state index contributed by atoms with van der Waals surface area (Å²) in [4.78, 5) is 37.7. The average Bonchev–Trinajstić information content (AvgIpc) is 2.39. The van der Waals surface area contributed by atoms with Crippen LogP contribution in [0.2, 0.25) is 0 Å². The zero-order valence-corrected chi connectivity index (χ0v) is 9.54. The zero-order chi connectivity index (χ0) is 13.5. The zero-order valence-electron chi connectivity index (χ0n) is 9.54. The minimum absolute atomic E-state index is 0.195. The third kappa shape index (κ3) is 3.41. The van der Waals surface area contributed by atoms with Crippen LogP contribution in [0.15, 0.2) is 36.3 Å². The molecule has 7 nitrogen and oxygen atoms in total.